The lowest BCUT2D eigenvalue weighted by molar-refractivity contribution is 0.000925. The van der Waals surface area contributed by atoms with E-state index >= 15 is 0 Å². The van der Waals surface area contributed by atoms with Gasteiger partial charge in [-0.3, -0.25) is 0 Å². The average molecular weight is 254 g/mol. The van der Waals surface area contributed by atoms with Gasteiger partial charge in [0.1, 0.15) is 6.07 Å². The Balaban J connectivity index is 1.68. The zero-order valence-electron chi connectivity index (χ0n) is 9.85. The van der Waals surface area contributed by atoms with E-state index in [9.17, 15) is 0 Å². The van der Waals surface area contributed by atoms with Crippen molar-refractivity contribution >= 4 is 11.6 Å². The van der Waals surface area contributed by atoms with Crippen LogP contribution in [-0.4, -0.2) is 18.3 Å². The summed E-state index contributed by atoms with van der Waals surface area (Å²) in [6, 6.07) is 10.5. The normalized spacial score (nSPS) is 24.8. The van der Waals surface area contributed by atoms with Gasteiger partial charge in [0.15, 0.2) is 0 Å². The van der Waals surface area contributed by atoms with E-state index in [1.807, 2.05) is 18.2 Å². The van der Waals surface area contributed by atoms with Gasteiger partial charge in [0.2, 0.25) is 0 Å². The number of rotatable bonds is 5. The molecule has 0 amide bonds. The molecule has 0 spiro atoms. The Hall–Kier alpha value is -0.570. The monoisotopic (exact) mass is 253 g/mol. The van der Waals surface area contributed by atoms with Crippen LogP contribution in [-0.2, 0) is 16.1 Å². The minimum Gasteiger partial charge on any atom is -0.373 e. The maximum Gasteiger partial charge on any atom is 0.121 e. The minimum atomic E-state index is 0.255. The van der Waals surface area contributed by atoms with Crippen LogP contribution < -0.4 is 0 Å². The van der Waals surface area contributed by atoms with Crippen LogP contribution in [0.3, 0.4) is 0 Å². The van der Waals surface area contributed by atoms with Crippen molar-refractivity contribution in [3.63, 3.8) is 0 Å². The Morgan fingerprint density at radius 3 is 2.59 bits per heavy atom. The molecule has 1 aromatic rings. The second kappa shape index (κ2) is 7.00. The zero-order chi connectivity index (χ0) is 11.9. The molecule has 2 rings (SSSR count). The summed E-state index contributed by atoms with van der Waals surface area (Å²) < 4.78 is 11.2. The standard InChI is InChI=1S/C14H18ClO2/c15-11-17-14-8-6-13(7-9-14)16-10-12-4-2-1-3-5-12/h1-6,13-14H,7-11H2. The summed E-state index contributed by atoms with van der Waals surface area (Å²) in [4.78, 5) is 0. The molecule has 0 N–H and O–H groups in total. The van der Waals surface area contributed by atoms with Crippen molar-refractivity contribution in [2.45, 2.75) is 38.1 Å². The third-order valence-electron chi connectivity index (χ3n) is 3.04. The molecule has 0 heterocycles. The molecule has 0 aliphatic heterocycles. The smallest absolute Gasteiger partial charge is 0.121 e. The minimum absolute atomic E-state index is 0.255. The fraction of sp³-hybridized carbons (Fsp3) is 0.500. The van der Waals surface area contributed by atoms with Gasteiger partial charge in [0, 0.05) is 0 Å². The van der Waals surface area contributed by atoms with Gasteiger partial charge >= 0.3 is 0 Å². The number of ether oxygens (including phenoxy) is 2. The topological polar surface area (TPSA) is 18.5 Å². The summed E-state index contributed by atoms with van der Waals surface area (Å²) in [6.45, 7) is 0.684. The van der Waals surface area contributed by atoms with Crippen molar-refractivity contribution in [3.05, 3.63) is 42.3 Å². The Kier molecular flexibility index (Phi) is 5.30. The van der Waals surface area contributed by atoms with Crippen LogP contribution in [0.4, 0.5) is 0 Å². The van der Waals surface area contributed by atoms with Crippen molar-refractivity contribution < 1.29 is 9.47 Å². The molecule has 1 radical (unpaired) electrons. The summed E-state index contributed by atoms with van der Waals surface area (Å²) in [5, 5.41) is 0. The van der Waals surface area contributed by atoms with Gasteiger partial charge in [-0.05, 0) is 31.2 Å². The summed E-state index contributed by atoms with van der Waals surface area (Å²) in [7, 11) is 0. The fourth-order valence-corrected chi connectivity index (χ4v) is 2.24. The van der Waals surface area contributed by atoms with Crippen molar-refractivity contribution in [2.75, 3.05) is 6.07 Å². The van der Waals surface area contributed by atoms with E-state index < -0.39 is 0 Å². The Morgan fingerprint density at radius 1 is 1.12 bits per heavy atom. The van der Waals surface area contributed by atoms with Gasteiger partial charge in [-0.1, -0.05) is 41.9 Å². The van der Waals surface area contributed by atoms with Gasteiger partial charge in [0.25, 0.3) is 0 Å². The predicted molar refractivity (Wildman–Crippen MR) is 68.8 cm³/mol. The molecule has 1 saturated carbocycles. The van der Waals surface area contributed by atoms with Crippen LogP contribution in [0.5, 0.6) is 0 Å². The molecule has 1 aromatic carbocycles. The third kappa shape index (κ3) is 4.30. The van der Waals surface area contributed by atoms with Gasteiger partial charge in [-0.25, -0.2) is 0 Å². The third-order valence-corrected chi connectivity index (χ3v) is 3.17. The average Bonchev–Trinajstić information content (AvgIpc) is 2.40. The Bertz CT molecular complexity index is 307. The maximum absolute atomic E-state index is 5.85. The summed E-state index contributed by atoms with van der Waals surface area (Å²) in [5.41, 5.74) is 1.22. The largest absolute Gasteiger partial charge is 0.373 e. The molecule has 0 aromatic heterocycles. The SMILES string of the molecule is ClCOC1C[CH]C(OCc2ccccc2)CC1. The first-order valence-electron chi connectivity index (χ1n) is 6.05. The Morgan fingerprint density at radius 2 is 1.94 bits per heavy atom. The zero-order valence-corrected chi connectivity index (χ0v) is 10.6. The number of hydrogen-bond acceptors (Lipinski definition) is 2. The van der Waals surface area contributed by atoms with E-state index in [0.29, 0.717) is 6.61 Å². The molecular weight excluding hydrogens is 236 g/mol. The summed E-state index contributed by atoms with van der Waals surface area (Å²) in [5.74, 6) is 0. The second-order valence-electron chi connectivity index (χ2n) is 4.28. The van der Waals surface area contributed by atoms with Crippen LogP contribution in [0, 0.1) is 6.42 Å². The van der Waals surface area contributed by atoms with E-state index in [4.69, 9.17) is 21.1 Å². The van der Waals surface area contributed by atoms with E-state index in [0.717, 1.165) is 19.3 Å². The van der Waals surface area contributed by atoms with E-state index in [2.05, 4.69) is 18.6 Å². The highest BCUT2D eigenvalue weighted by Gasteiger charge is 2.22. The molecular formula is C14H18ClO2. The second-order valence-corrected chi connectivity index (χ2v) is 4.50. The first-order valence-corrected chi connectivity index (χ1v) is 6.58. The molecule has 17 heavy (non-hydrogen) atoms. The summed E-state index contributed by atoms with van der Waals surface area (Å²) >= 11 is 5.55. The van der Waals surface area contributed by atoms with Crippen molar-refractivity contribution in [1.82, 2.24) is 0 Å². The van der Waals surface area contributed by atoms with E-state index in [-0.39, 0.29) is 18.3 Å². The van der Waals surface area contributed by atoms with Gasteiger partial charge in [0.05, 0.1) is 18.8 Å². The van der Waals surface area contributed by atoms with Crippen LogP contribution in [0.25, 0.3) is 0 Å². The first-order chi connectivity index (χ1) is 8.38. The van der Waals surface area contributed by atoms with Gasteiger partial charge in [-0.2, -0.15) is 0 Å². The number of hydrogen-bond donors (Lipinski definition) is 0. The van der Waals surface area contributed by atoms with Crippen LogP contribution in [0.2, 0.25) is 0 Å². The summed E-state index contributed by atoms with van der Waals surface area (Å²) in [6.07, 6.45) is 5.72. The molecule has 0 bridgehead atoms. The van der Waals surface area contributed by atoms with Crippen molar-refractivity contribution in [2.24, 2.45) is 0 Å². The van der Waals surface area contributed by atoms with Gasteiger partial charge in [-0.15, -0.1) is 0 Å². The molecule has 2 nitrogen and oxygen atoms in total. The molecule has 2 atom stereocenters. The Labute approximate surface area is 108 Å². The molecule has 93 valence electrons. The van der Waals surface area contributed by atoms with E-state index in [1.165, 1.54) is 5.56 Å². The molecule has 0 saturated heterocycles. The molecule has 3 heteroatoms. The van der Waals surface area contributed by atoms with E-state index in [1.54, 1.807) is 0 Å². The number of benzene rings is 1. The predicted octanol–water partition coefficient (Wildman–Crippen LogP) is 3.54. The van der Waals surface area contributed by atoms with Crippen LogP contribution >= 0.6 is 11.6 Å². The van der Waals surface area contributed by atoms with Crippen molar-refractivity contribution in [3.8, 4) is 0 Å². The lowest BCUT2D eigenvalue weighted by Crippen LogP contribution is -2.26. The molecule has 1 fully saturated rings. The fourth-order valence-electron chi connectivity index (χ4n) is 2.06. The number of alkyl halides is 1. The van der Waals surface area contributed by atoms with Crippen LogP contribution in [0.15, 0.2) is 30.3 Å². The maximum atomic E-state index is 5.85. The van der Waals surface area contributed by atoms with Gasteiger partial charge < -0.3 is 9.47 Å². The lowest BCUT2D eigenvalue weighted by Gasteiger charge is -2.27. The lowest BCUT2D eigenvalue weighted by atomic mass is 9.95. The van der Waals surface area contributed by atoms with Crippen LogP contribution in [0.1, 0.15) is 24.8 Å². The number of halogens is 1. The molecule has 2 unspecified atom stereocenters. The van der Waals surface area contributed by atoms with Crippen molar-refractivity contribution in [1.29, 1.82) is 0 Å². The molecule has 1 aliphatic carbocycles. The first kappa shape index (κ1) is 12.9. The quantitative estimate of drug-likeness (QED) is 0.748. The molecule has 1 aliphatic rings. The highest BCUT2D eigenvalue weighted by molar-refractivity contribution is 6.17. The highest BCUT2D eigenvalue weighted by Crippen LogP contribution is 2.23. The highest BCUT2D eigenvalue weighted by atomic mass is 35.5.